The molecular formula is C14H15ClN2OS. The first kappa shape index (κ1) is 13.9. The van der Waals surface area contributed by atoms with Crippen LogP contribution in [0, 0.1) is 20.8 Å². The number of halogens is 1. The summed E-state index contributed by atoms with van der Waals surface area (Å²) in [6.45, 7) is 5.70. The summed E-state index contributed by atoms with van der Waals surface area (Å²) in [5.41, 5.74) is 10.0. The Morgan fingerprint density at radius 1 is 1.26 bits per heavy atom. The van der Waals surface area contributed by atoms with E-state index < -0.39 is 0 Å². The molecule has 1 aromatic carbocycles. The second kappa shape index (κ2) is 5.23. The van der Waals surface area contributed by atoms with E-state index in [1.165, 1.54) is 11.3 Å². The molecule has 0 saturated carbocycles. The number of carbonyl (C=O) groups excluding carboxylic acids is 1. The van der Waals surface area contributed by atoms with Gasteiger partial charge in [0.15, 0.2) is 0 Å². The number of carbonyl (C=O) groups is 1. The Kier molecular flexibility index (Phi) is 3.83. The molecule has 2 rings (SSSR count). The second-order valence-corrected chi connectivity index (χ2v) is 5.75. The van der Waals surface area contributed by atoms with E-state index in [4.69, 9.17) is 17.3 Å². The summed E-state index contributed by atoms with van der Waals surface area (Å²) in [5, 5.41) is 5.28. The molecule has 0 aliphatic rings. The third-order valence-electron chi connectivity index (χ3n) is 3.06. The summed E-state index contributed by atoms with van der Waals surface area (Å²) in [5.74, 6) is -0.195. The normalized spacial score (nSPS) is 10.5. The Morgan fingerprint density at radius 2 is 1.95 bits per heavy atom. The minimum absolute atomic E-state index is 0.195. The van der Waals surface area contributed by atoms with Crippen LogP contribution in [0.1, 0.15) is 26.4 Å². The van der Waals surface area contributed by atoms with Crippen LogP contribution in [0.5, 0.6) is 0 Å². The van der Waals surface area contributed by atoms with Crippen LogP contribution in [-0.4, -0.2) is 5.91 Å². The predicted molar refractivity (Wildman–Crippen MR) is 82.3 cm³/mol. The van der Waals surface area contributed by atoms with E-state index >= 15 is 0 Å². The predicted octanol–water partition coefficient (Wildman–Crippen LogP) is 4.16. The topological polar surface area (TPSA) is 55.1 Å². The summed E-state index contributed by atoms with van der Waals surface area (Å²) in [6, 6.07) is 3.72. The molecule has 0 atom stereocenters. The monoisotopic (exact) mass is 294 g/mol. The fourth-order valence-electron chi connectivity index (χ4n) is 1.81. The van der Waals surface area contributed by atoms with E-state index in [9.17, 15) is 4.79 Å². The number of rotatable bonds is 2. The van der Waals surface area contributed by atoms with E-state index in [1.54, 1.807) is 0 Å². The van der Waals surface area contributed by atoms with Gasteiger partial charge in [0.1, 0.15) is 4.88 Å². The molecule has 0 aliphatic heterocycles. The zero-order valence-electron chi connectivity index (χ0n) is 11.0. The van der Waals surface area contributed by atoms with Crippen molar-refractivity contribution >= 4 is 40.2 Å². The smallest absolute Gasteiger partial charge is 0.267 e. The van der Waals surface area contributed by atoms with Crippen molar-refractivity contribution in [2.45, 2.75) is 20.8 Å². The van der Waals surface area contributed by atoms with Crippen molar-refractivity contribution in [2.24, 2.45) is 0 Å². The summed E-state index contributed by atoms with van der Waals surface area (Å²) < 4.78 is 0. The molecule has 0 unspecified atom stereocenters. The second-order valence-electron chi connectivity index (χ2n) is 4.49. The number of hydrogen-bond donors (Lipinski definition) is 2. The van der Waals surface area contributed by atoms with Gasteiger partial charge in [-0.1, -0.05) is 17.7 Å². The molecule has 5 heteroatoms. The van der Waals surface area contributed by atoms with Gasteiger partial charge in [-0.2, -0.15) is 0 Å². The summed E-state index contributed by atoms with van der Waals surface area (Å²) >= 11 is 7.45. The number of nitrogen functional groups attached to an aromatic ring is 1. The van der Waals surface area contributed by atoms with Gasteiger partial charge < -0.3 is 11.1 Å². The zero-order valence-corrected chi connectivity index (χ0v) is 12.6. The van der Waals surface area contributed by atoms with Crippen molar-refractivity contribution in [1.29, 1.82) is 0 Å². The highest BCUT2D eigenvalue weighted by atomic mass is 35.5. The van der Waals surface area contributed by atoms with E-state index in [0.29, 0.717) is 15.6 Å². The van der Waals surface area contributed by atoms with Crippen LogP contribution in [0.3, 0.4) is 0 Å². The van der Waals surface area contributed by atoms with Gasteiger partial charge in [0.25, 0.3) is 5.91 Å². The molecule has 3 nitrogen and oxygen atoms in total. The van der Waals surface area contributed by atoms with E-state index in [1.807, 2.05) is 38.3 Å². The van der Waals surface area contributed by atoms with Crippen molar-refractivity contribution in [3.8, 4) is 0 Å². The minimum Gasteiger partial charge on any atom is -0.398 e. The molecule has 1 amide bonds. The third kappa shape index (κ3) is 2.60. The highest BCUT2D eigenvalue weighted by molar-refractivity contribution is 7.13. The largest absolute Gasteiger partial charge is 0.398 e. The van der Waals surface area contributed by atoms with Gasteiger partial charge in [0.2, 0.25) is 0 Å². The maximum atomic E-state index is 12.2. The van der Waals surface area contributed by atoms with Crippen molar-refractivity contribution in [3.05, 3.63) is 44.1 Å². The molecule has 100 valence electrons. The lowest BCUT2D eigenvalue weighted by Gasteiger charge is -2.13. The summed E-state index contributed by atoms with van der Waals surface area (Å²) in [4.78, 5) is 12.8. The number of nitrogens with two attached hydrogens (primary N) is 1. The number of amides is 1. The van der Waals surface area contributed by atoms with Crippen LogP contribution in [0.4, 0.5) is 11.4 Å². The number of thiophene rings is 1. The maximum Gasteiger partial charge on any atom is 0.267 e. The van der Waals surface area contributed by atoms with Crippen LogP contribution in [0.25, 0.3) is 0 Å². The molecule has 0 bridgehead atoms. The van der Waals surface area contributed by atoms with Crippen molar-refractivity contribution in [3.63, 3.8) is 0 Å². The molecule has 1 heterocycles. The average Bonchev–Trinajstić information content (AvgIpc) is 2.70. The quantitative estimate of drug-likeness (QED) is 0.817. The molecule has 0 spiro atoms. The minimum atomic E-state index is -0.195. The third-order valence-corrected chi connectivity index (χ3v) is 4.75. The van der Waals surface area contributed by atoms with Crippen LogP contribution in [-0.2, 0) is 0 Å². The van der Waals surface area contributed by atoms with Crippen LogP contribution in [0.15, 0.2) is 17.5 Å². The average molecular weight is 295 g/mol. The van der Waals surface area contributed by atoms with E-state index in [2.05, 4.69) is 5.32 Å². The SMILES string of the molecule is Cc1csc(C(=O)Nc2c(C)ccc(N)c2C)c1Cl. The standard InChI is InChI=1S/C14H15ClN2OS/c1-7-4-5-10(16)9(3)12(7)17-14(18)13-11(15)8(2)6-19-13/h4-6H,16H2,1-3H3,(H,17,18). The molecular weight excluding hydrogens is 280 g/mol. The van der Waals surface area contributed by atoms with Crippen LogP contribution >= 0.6 is 22.9 Å². The number of hydrogen-bond acceptors (Lipinski definition) is 3. The lowest BCUT2D eigenvalue weighted by molar-refractivity contribution is 0.103. The first-order valence-corrected chi connectivity index (χ1v) is 7.08. The Balaban J connectivity index is 2.35. The number of benzene rings is 1. The molecule has 19 heavy (non-hydrogen) atoms. The lowest BCUT2D eigenvalue weighted by Crippen LogP contribution is -2.13. The molecule has 0 aliphatic carbocycles. The molecule has 0 radical (unpaired) electrons. The molecule has 2 aromatic rings. The highest BCUT2D eigenvalue weighted by Gasteiger charge is 2.16. The van der Waals surface area contributed by atoms with Crippen molar-refractivity contribution < 1.29 is 4.79 Å². The van der Waals surface area contributed by atoms with Crippen molar-refractivity contribution in [2.75, 3.05) is 11.1 Å². The number of nitrogens with one attached hydrogen (secondary N) is 1. The van der Waals surface area contributed by atoms with Crippen molar-refractivity contribution in [1.82, 2.24) is 0 Å². The Labute approximate surface area is 121 Å². The van der Waals surface area contributed by atoms with E-state index in [-0.39, 0.29) is 5.91 Å². The molecule has 1 aromatic heterocycles. The Morgan fingerprint density at radius 3 is 2.53 bits per heavy atom. The number of anilines is 2. The van der Waals surface area contributed by atoms with Gasteiger partial charge in [-0.05, 0) is 48.9 Å². The fraction of sp³-hybridized carbons (Fsp3) is 0.214. The van der Waals surface area contributed by atoms with Gasteiger partial charge >= 0.3 is 0 Å². The van der Waals surface area contributed by atoms with Gasteiger partial charge in [-0.15, -0.1) is 11.3 Å². The van der Waals surface area contributed by atoms with Gasteiger partial charge in [-0.3, -0.25) is 4.79 Å². The van der Waals surface area contributed by atoms with Crippen LogP contribution in [0.2, 0.25) is 5.02 Å². The van der Waals surface area contributed by atoms with Crippen LogP contribution < -0.4 is 11.1 Å². The Bertz CT molecular complexity index is 649. The summed E-state index contributed by atoms with van der Waals surface area (Å²) in [7, 11) is 0. The van der Waals surface area contributed by atoms with E-state index in [0.717, 1.165) is 22.4 Å². The van der Waals surface area contributed by atoms with Gasteiger partial charge in [-0.25, -0.2) is 0 Å². The number of aryl methyl sites for hydroxylation is 2. The fourth-order valence-corrected chi connectivity index (χ4v) is 2.98. The van der Waals surface area contributed by atoms with Gasteiger partial charge in [0.05, 0.1) is 5.02 Å². The lowest BCUT2D eigenvalue weighted by atomic mass is 10.1. The molecule has 0 saturated heterocycles. The first-order valence-electron chi connectivity index (χ1n) is 5.82. The molecule has 3 N–H and O–H groups in total. The van der Waals surface area contributed by atoms with Gasteiger partial charge in [0, 0.05) is 11.4 Å². The highest BCUT2D eigenvalue weighted by Crippen LogP contribution is 2.30. The first-order chi connectivity index (χ1) is 8.91. The maximum absolute atomic E-state index is 12.2. The molecule has 0 fully saturated rings. The summed E-state index contributed by atoms with van der Waals surface area (Å²) in [6.07, 6.45) is 0. The zero-order chi connectivity index (χ0) is 14.2. The Hall–Kier alpha value is -1.52.